The van der Waals surface area contributed by atoms with Gasteiger partial charge in [0.1, 0.15) is 5.75 Å². The number of hydrogen-bond donors (Lipinski definition) is 3. The molecule has 0 spiro atoms. The Morgan fingerprint density at radius 2 is 2.17 bits per heavy atom. The van der Waals surface area contributed by atoms with Crippen LogP contribution >= 0.6 is 0 Å². The standard InChI is InChI=1S/C18H17N3O3/c1-24-17-8-15(5-6-16(17)14-10-20-21-11-14)19-9-12-3-2-4-13(7-12)18(22)23/h2-8,10-11,19H,9H2,1H3,(H,20,21)(H,22,23). The van der Waals surface area contributed by atoms with E-state index < -0.39 is 5.97 Å². The predicted molar refractivity (Wildman–Crippen MR) is 91.3 cm³/mol. The molecule has 0 aliphatic rings. The molecule has 0 unspecified atom stereocenters. The van der Waals surface area contributed by atoms with Gasteiger partial charge >= 0.3 is 5.97 Å². The third-order valence-corrected chi connectivity index (χ3v) is 3.68. The number of carboxylic acid groups (broad SMARTS) is 1. The van der Waals surface area contributed by atoms with Gasteiger partial charge in [-0.1, -0.05) is 12.1 Å². The van der Waals surface area contributed by atoms with E-state index in [1.165, 1.54) is 0 Å². The number of carboxylic acids is 1. The number of rotatable bonds is 6. The second kappa shape index (κ2) is 6.87. The summed E-state index contributed by atoms with van der Waals surface area (Å²) >= 11 is 0. The minimum atomic E-state index is -0.928. The van der Waals surface area contributed by atoms with E-state index in [1.54, 1.807) is 31.5 Å². The lowest BCUT2D eigenvalue weighted by molar-refractivity contribution is 0.0697. The molecule has 3 rings (SSSR count). The molecule has 2 aromatic carbocycles. The SMILES string of the molecule is COc1cc(NCc2cccc(C(=O)O)c2)ccc1-c1cn[nH]c1. The van der Waals surface area contributed by atoms with Crippen molar-refractivity contribution in [3.63, 3.8) is 0 Å². The van der Waals surface area contributed by atoms with E-state index in [2.05, 4.69) is 15.5 Å². The normalized spacial score (nSPS) is 10.4. The van der Waals surface area contributed by atoms with Crippen LogP contribution < -0.4 is 10.1 Å². The molecule has 0 saturated carbocycles. The van der Waals surface area contributed by atoms with Crippen molar-refractivity contribution in [1.29, 1.82) is 0 Å². The van der Waals surface area contributed by atoms with Crippen LogP contribution in [0.2, 0.25) is 0 Å². The van der Waals surface area contributed by atoms with Crippen molar-refractivity contribution in [2.45, 2.75) is 6.54 Å². The molecule has 6 heteroatoms. The number of aromatic nitrogens is 2. The summed E-state index contributed by atoms with van der Waals surface area (Å²) in [5, 5.41) is 19.1. The van der Waals surface area contributed by atoms with Crippen molar-refractivity contribution in [3.8, 4) is 16.9 Å². The Kier molecular flexibility index (Phi) is 4.47. The fourth-order valence-corrected chi connectivity index (χ4v) is 2.46. The number of nitrogens with zero attached hydrogens (tertiary/aromatic N) is 1. The molecule has 1 heterocycles. The highest BCUT2D eigenvalue weighted by molar-refractivity contribution is 5.87. The number of aromatic carboxylic acids is 1. The van der Waals surface area contributed by atoms with Gasteiger partial charge in [0.05, 0.1) is 18.9 Å². The molecule has 6 nitrogen and oxygen atoms in total. The highest BCUT2D eigenvalue weighted by Gasteiger charge is 2.08. The predicted octanol–water partition coefficient (Wildman–Crippen LogP) is 3.40. The van der Waals surface area contributed by atoms with Crippen LogP contribution in [0.4, 0.5) is 5.69 Å². The summed E-state index contributed by atoms with van der Waals surface area (Å²) in [6, 6.07) is 12.7. The maximum atomic E-state index is 11.0. The molecule has 3 aromatic rings. The Morgan fingerprint density at radius 3 is 2.88 bits per heavy atom. The van der Waals surface area contributed by atoms with E-state index >= 15 is 0 Å². The molecule has 1 aromatic heterocycles. The van der Waals surface area contributed by atoms with E-state index in [-0.39, 0.29) is 5.56 Å². The van der Waals surface area contributed by atoms with Gasteiger partial charge in [-0.2, -0.15) is 5.10 Å². The van der Waals surface area contributed by atoms with Crippen molar-refractivity contribution in [3.05, 3.63) is 66.0 Å². The Labute approximate surface area is 139 Å². The fourth-order valence-electron chi connectivity index (χ4n) is 2.46. The summed E-state index contributed by atoms with van der Waals surface area (Å²) < 4.78 is 5.45. The minimum Gasteiger partial charge on any atom is -0.496 e. The van der Waals surface area contributed by atoms with Crippen LogP contribution in [0.15, 0.2) is 54.9 Å². The summed E-state index contributed by atoms with van der Waals surface area (Å²) in [5.74, 6) is -0.191. The molecule has 122 valence electrons. The molecule has 0 radical (unpaired) electrons. The lowest BCUT2D eigenvalue weighted by Gasteiger charge is -2.12. The van der Waals surface area contributed by atoms with Gasteiger partial charge in [-0.15, -0.1) is 0 Å². The van der Waals surface area contributed by atoms with Crippen LogP contribution in [0.1, 0.15) is 15.9 Å². The topological polar surface area (TPSA) is 87.2 Å². The highest BCUT2D eigenvalue weighted by Crippen LogP contribution is 2.31. The van der Waals surface area contributed by atoms with Crippen LogP contribution in [-0.2, 0) is 6.54 Å². The van der Waals surface area contributed by atoms with Crippen LogP contribution in [0, 0.1) is 0 Å². The van der Waals surface area contributed by atoms with Gasteiger partial charge in [0.25, 0.3) is 0 Å². The monoisotopic (exact) mass is 323 g/mol. The molecule has 0 saturated heterocycles. The van der Waals surface area contributed by atoms with Crippen LogP contribution in [-0.4, -0.2) is 28.4 Å². The number of methoxy groups -OCH3 is 1. The van der Waals surface area contributed by atoms with E-state index in [4.69, 9.17) is 9.84 Å². The molecular weight excluding hydrogens is 306 g/mol. The lowest BCUT2D eigenvalue weighted by atomic mass is 10.1. The van der Waals surface area contributed by atoms with Gasteiger partial charge in [-0.05, 0) is 29.8 Å². The molecule has 0 bridgehead atoms. The number of benzene rings is 2. The Morgan fingerprint density at radius 1 is 1.29 bits per heavy atom. The number of hydrogen-bond acceptors (Lipinski definition) is 4. The number of carbonyl (C=O) groups is 1. The van der Waals surface area contributed by atoms with Gasteiger partial charge in [0.2, 0.25) is 0 Å². The number of ether oxygens (including phenoxy) is 1. The molecule has 0 aliphatic heterocycles. The van der Waals surface area contributed by atoms with Gasteiger partial charge in [0.15, 0.2) is 0 Å². The van der Waals surface area contributed by atoms with Crippen molar-refractivity contribution >= 4 is 11.7 Å². The van der Waals surface area contributed by atoms with Crippen molar-refractivity contribution in [2.75, 3.05) is 12.4 Å². The first-order chi connectivity index (χ1) is 11.7. The minimum absolute atomic E-state index is 0.280. The molecule has 0 fully saturated rings. The summed E-state index contributed by atoms with van der Waals surface area (Å²) in [6.07, 6.45) is 3.55. The quantitative estimate of drug-likeness (QED) is 0.647. The summed E-state index contributed by atoms with van der Waals surface area (Å²) in [5.41, 5.74) is 3.96. The lowest BCUT2D eigenvalue weighted by Crippen LogP contribution is -2.02. The largest absolute Gasteiger partial charge is 0.496 e. The Hall–Kier alpha value is -3.28. The summed E-state index contributed by atoms with van der Waals surface area (Å²) in [7, 11) is 1.62. The van der Waals surface area contributed by atoms with Gasteiger partial charge < -0.3 is 15.2 Å². The Balaban J connectivity index is 1.76. The third kappa shape index (κ3) is 3.38. The van der Waals surface area contributed by atoms with Crippen molar-refractivity contribution < 1.29 is 14.6 Å². The average Bonchev–Trinajstić information content (AvgIpc) is 3.14. The van der Waals surface area contributed by atoms with Crippen LogP contribution in [0.5, 0.6) is 5.75 Å². The fraction of sp³-hybridized carbons (Fsp3) is 0.111. The molecule has 0 atom stereocenters. The number of aromatic amines is 1. The second-order valence-electron chi connectivity index (χ2n) is 5.26. The molecule has 0 amide bonds. The van der Waals surface area contributed by atoms with E-state index in [1.807, 2.05) is 30.5 Å². The van der Waals surface area contributed by atoms with Gasteiger partial charge in [-0.3, -0.25) is 5.10 Å². The zero-order valence-electron chi connectivity index (χ0n) is 13.1. The molecular formula is C18H17N3O3. The average molecular weight is 323 g/mol. The maximum Gasteiger partial charge on any atom is 0.335 e. The molecule has 3 N–H and O–H groups in total. The molecule has 24 heavy (non-hydrogen) atoms. The van der Waals surface area contributed by atoms with E-state index in [0.717, 1.165) is 28.1 Å². The number of H-pyrrole nitrogens is 1. The van der Waals surface area contributed by atoms with Crippen LogP contribution in [0.25, 0.3) is 11.1 Å². The van der Waals surface area contributed by atoms with Crippen LogP contribution in [0.3, 0.4) is 0 Å². The van der Waals surface area contributed by atoms with Gasteiger partial charge in [0, 0.05) is 35.6 Å². The summed E-state index contributed by atoms with van der Waals surface area (Å²) in [4.78, 5) is 11.0. The number of anilines is 1. The maximum absolute atomic E-state index is 11.0. The van der Waals surface area contributed by atoms with E-state index in [0.29, 0.717) is 6.54 Å². The van der Waals surface area contributed by atoms with Crippen molar-refractivity contribution in [2.24, 2.45) is 0 Å². The van der Waals surface area contributed by atoms with Gasteiger partial charge in [-0.25, -0.2) is 4.79 Å². The van der Waals surface area contributed by atoms with Crippen molar-refractivity contribution in [1.82, 2.24) is 10.2 Å². The second-order valence-corrected chi connectivity index (χ2v) is 5.26. The highest BCUT2D eigenvalue weighted by atomic mass is 16.5. The first kappa shape index (κ1) is 15.6. The third-order valence-electron chi connectivity index (χ3n) is 3.68. The smallest absolute Gasteiger partial charge is 0.335 e. The van der Waals surface area contributed by atoms with E-state index in [9.17, 15) is 4.79 Å². The zero-order chi connectivity index (χ0) is 16.9. The Bertz CT molecular complexity index is 844. The first-order valence-corrected chi connectivity index (χ1v) is 7.40. The zero-order valence-corrected chi connectivity index (χ0v) is 13.1. The molecule has 0 aliphatic carbocycles. The summed E-state index contributed by atoms with van der Waals surface area (Å²) in [6.45, 7) is 0.523. The first-order valence-electron chi connectivity index (χ1n) is 7.40. The number of nitrogens with one attached hydrogen (secondary N) is 2.